The standard InChI is InChI=1S/C19H19N3O2S/c1-14-7-10-16(11-8-14)24-13-17(23)20-19-22-21-18(25-19)12-9-15-5-3-2-4-6-15/h2-8,10-11H,9,12-13H2,1H3,(H,20,22,23). The zero-order valence-corrected chi connectivity index (χ0v) is 14.8. The lowest BCUT2D eigenvalue weighted by Crippen LogP contribution is -2.20. The van der Waals surface area contributed by atoms with Crippen molar-refractivity contribution in [3.05, 3.63) is 70.7 Å². The van der Waals surface area contributed by atoms with E-state index < -0.39 is 0 Å². The third-order valence-electron chi connectivity index (χ3n) is 3.57. The van der Waals surface area contributed by atoms with Crippen LogP contribution in [0.5, 0.6) is 5.75 Å². The van der Waals surface area contributed by atoms with Crippen LogP contribution in [0.3, 0.4) is 0 Å². The minimum Gasteiger partial charge on any atom is -0.484 e. The van der Waals surface area contributed by atoms with Crippen LogP contribution in [-0.2, 0) is 17.6 Å². The Kier molecular flexibility index (Phi) is 5.74. The number of nitrogens with one attached hydrogen (secondary N) is 1. The molecule has 25 heavy (non-hydrogen) atoms. The first kappa shape index (κ1) is 17.1. The second-order valence-corrected chi connectivity index (χ2v) is 6.70. The van der Waals surface area contributed by atoms with Gasteiger partial charge in [-0.2, -0.15) is 0 Å². The van der Waals surface area contributed by atoms with Gasteiger partial charge in [-0.3, -0.25) is 10.1 Å². The van der Waals surface area contributed by atoms with Crippen molar-refractivity contribution >= 4 is 22.4 Å². The van der Waals surface area contributed by atoms with E-state index in [1.165, 1.54) is 16.9 Å². The largest absolute Gasteiger partial charge is 0.484 e. The van der Waals surface area contributed by atoms with E-state index >= 15 is 0 Å². The van der Waals surface area contributed by atoms with Gasteiger partial charge < -0.3 is 4.74 Å². The zero-order valence-electron chi connectivity index (χ0n) is 13.9. The number of hydrogen-bond acceptors (Lipinski definition) is 5. The fraction of sp³-hybridized carbons (Fsp3) is 0.211. The molecule has 0 radical (unpaired) electrons. The molecule has 1 N–H and O–H groups in total. The molecule has 0 aliphatic rings. The molecule has 0 aliphatic carbocycles. The van der Waals surface area contributed by atoms with Crippen LogP contribution < -0.4 is 10.1 Å². The Balaban J connectivity index is 1.45. The number of ether oxygens (including phenoxy) is 1. The molecule has 1 aromatic heterocycles. The van der Waals surface area contributed by atoms with Crippen molar-refractivity contribution < 1.29 is 9.53 Å². The van der Waals surface area contributed by atoms with Gasteiger partial charge in [0.2, 0.25) is 5.13 Å². The molecule has 1 amide bonds. The minimum absolute atomic E-state index is 0.0536. The van der Waals surface area contributed by atoms with Gasteiger partial charge in [0.15, 0.2) is 6.61 Å². The summed E-state index contributed by atoms with van der Waals surface area (Å²) in [6.45, 7) is 1.95. The molecular weight excluding hydrogens is 334 g/mol. The number of aromatic nitrogens is 2. The van der Waals surface area contributed by atoms with Gasteiger partial charge in [0.05, 0.1) is 0 Å². The van der Waals surface area contributed by atoms with E-state index in [0.29, 0.717) is 10.9 Å². The van der Waals surface area contributed by atoms with Crippen LogP contribution in [0, 0.1) is 6.92 Å². The first-order valence-electron chi connectivity index (χ1n) is 8.05. The van der Waals surface area contributed by atoms with E-state index in [1.54, 1.807) is 0 Å². The summed E-state index contributed by atoms with van der Waals surface area (Å²) in [5.74, 6) is 0.424. The van der Waals surface area contributed by atoms with Crippen LogP contribution >= 0.6 is 11.3 Å². The summed E-state index contributed by atoms with van der Waals surface area (Å²) in [6.07, 6.45) is 1.71. The highest BCUT2D eigenvalue weighted by molar-refractivity contribution is 7.15. The number of benzene rings is 2. The van der Waals surface area contributed by atoms with Gasteiger partial charge in [-0.25, -0.2) is 0 Å². The van der Waals surface area contributed by atoms with Crippen molar-refractivity contribution in [2.45, 2.75) is 19.8 Å². The Morgan fingerprint density at radius 2 is 1.80 bits per heavy atom. The summed E-state index contributed by atoms with van der Waals surface area (Å²) >= 11 is 1.39. The molecule has 0 unspecified atom stereocenters. The molecule has 128 valence electrons. The maximum Gasteiger partial charge on any atom is 0.264 e. The van der Waals surface area contributed by atoms with E-state index in [0.717, 1.165) is 23.4 Å². The van der Waals surface area contributed by atoms with Gasteiger partial charge in [-0.05, 0) is 31.0 Å². The molecule has 0 bridgehead atoms. The number of rotatable bonds is 7. The molecule has 6 heteroatoms. The van der Waals surface area contributed by atoms with Crippen LogP contribution in [0.25, 0.3) is 0 Å². The second kappa shape index (κ2) is 8.39. The Bertz CT molecular complexity index is 816. The molecule has 0 fully saturated rings. The summed E-state index contributed by atoms with van der Waals surface area (Å²) in [7, 11) is 0. The lowest BCUT2D eigenvalue weighted by Gasteiger charge is -2.05. The maximum atomic E-state index is 11.9. The van der Waals surface area contributed by atoms with E-state index in [2.05, 4.69) is 27.6 Å². The van der Waals surface area contributed by atoms with Gasteiger partial charge in [0, 0.05) is 6.42 Å². The van der Waals surface area contributed by atoms with Crippen molar-refractivity contribution in [2.24, 2.45) is 0 Å². The number of carbonyl (C=O) groups excluding carboxylic acids is 1. The number of amides is 1. The fourth-order valence-corrected chi connectivity index (χ4v) is 3.00. The summed E-state index contributed by atoms with van der Waals surface area (Å²) in [5.41, 5.74) is 2.41. The van der Waals surface area contributed by atoms with Crippen LogP contribution in [0.15, 0.2) is 54.6 Å². The van der Waals surface area contributed by atoms with Gasteiger partial charge >= 0.3 is 0 Å². The first-order valence-corrected chi connectivity index (χ1v) is 8.86. The van der Waals surface area contributed by atoms with Crippen LogP contribution in [0.1, 0.15) is 16.1 Å². The predicted octanol–water partition coefficient (Wildman–Crippen LogP) is 3.65. The second-order valence-electron chi connectivity index (χ2n) is 5.64. The van der Waals surface area contributed by atoms with E-state index in [9.17, 15) is 4.79 Å². The lowest BCUT2D eigenvalue weighted by atomic mass is 10.1. The lowest BCUT2D eigenvalue weighted by molar-refractivity contribution is -0.118. The molecule has 0 saturated carbocycles. The molecule has 0 aliphatic heterocycles. The summed E-state index contributed by atoms with van der Waals surface area (Å²) < 4.78 is 5.45. The Morgan fingerprint density at radius 1 is 1.04 bits per heavy atom. The summed E-state index contributed by atoms with van der Waals surface area (Å²) in [6, 6.07) is 17.8. The molecule has 0 atom stereocenters. The average molecular weight is 353 g/mol. The van der Waals surface area contributed by atoms with Crippen molar-refractivity contribution in [1.82, 2.24) is 10.2 Å². The molecule has 3 aromatic rings. The smallest absolute Gasteiger partial charge is 0.264 e. The third kappa shape index (κ3) is 5.39. The molecule has 1 heterocycles. The van der Waals surface area contributed by atoms with Gasteiger partial charge in [0.1, 0.15) is 10.8 Å². The number of nitrogens with zero attached hydrogens (tertiary/aromatic N) is 2. The fourth-order valence-electron chi connectivity index (χ4n) is 2.24. The quantitative estimate of drug-likeness (QED) is 0.704. The van der Waals surface area contributed by atoms with Gasteiger partial charge in [-0.1, -0.05) is 59.4 Å². The van der Waals surface area contributed by atoms with Crippen LogP contribution in [-0.4, -0.2) is 22.7 Å². The van der Waals surface area contributed by atoms with Gasteiger partial charge in [-0.15, -0.1) is 10.2 Å². The first-order chi connectivity index (χ1) is 12.2. The van der Waals surface area contributed by atoms with Crippen molar-refractivity contribution in [1.29, 1.82) is 0 Å². The number of carbonyl (C=O) groups is 1. The molecule has 0 spiro atoms. The monoisotopic (exact) mass is 353 g/mol. The Hall–Kier alpha value is -2.73. The normalized spacial score (nSPS) is 10.4. The molecule has 0 saturated heterocycles. The molecule has 2 aromatic carbocycles. The topological polar surface area (TPSA) is 64.1 Å². The van der Waals surface area contributed by atoms with E-state index in [4.69, 9.17) is 4.74 Å². The van der Waals surface area contributed by atoms with Crippen LogP contribution in [0.4, 0.5) is 5.13 Å². The zero-order chi connectivity index (χ0) is 17.5. The number of anilines is 1. The summed E-state index contributed by atoms with van der Waals surface area (Å²) in [5, 5.41) is 12.3. The van der Waals surface area contributed by atoms with Crippen molar-refractivity contribution in [3.8, 4) is 5.75 Å². The van der Waals surface area contributed by atoms with Crippen molar-refractivity contribution in [2.75, 3.05) is 11.9 Å². The molecule has 3 rings (SSSR count). The SMILES string of the molecule is Cc1ccc(OCC(=O)Nc2nnc(CCc3ccccc3)s2)cc1. The van der Waals surface area contributed by atoms with E-state index in [-0.39, 0.29) is 12.5 Å². The highest BCUT2D eigenvalue weighted by Crippen LogP contribution is 2.17. The predicted molar refractivity (Wildman–Crippen MR) is 99.1 cm³/mol. The third-order valence-corrected chi connectivity index (χ3v) is 4.47. The highest BCUT2D eigenvalue weighted by atomic mass is 32.1. The maximum absolute atomic E-state index is 11.9. The highest BCUT2D eigenvalue weighted by Gasteiger charge is 2.09. The minimum atomic E-state index is -0.244. The Morgan fingerprint density at radius 3 is 2.56 bits per heavy atom. The average Bonchev–Trinajstić information content (AvgIpc) is 3.08. The molecule has 5 nitrogen and oxygen atoms in total. The van der Waals surface area contributed by atoms with E-state index in [1.807, 2.05) is 49.4 Å². The number of hydrogen-bond donors (Lipinski definition) is 1. The number of aryl methyl sites for hydroxylation is 3. The van der Waals surface area contributed by atoms with Crippen LogP contribution in [0.2, 0.25) is 0 Å². The van der Waals surface area contributed by atoms with Gasteiger partial charge in [0.25, 0.3) is 5.91 Å². The Labute approximate surface area is 150 Å². The molecular formula is C19H19N3O2S. The summed E-state index contributed by atoms with van der Waals surface area (Å²) in [4.78, 5) is 11.9. The van der Waals surface area contributed by atoms with Crippen molar-refractivity contribution in [3.63, 3.8) is 0 Å².